The second-order valence-corrected chi connectivity index (χ2v) is 4.88. The lowest BCUT2D eigenvalue weighted by molar-refractivity contribution is 0.282. The Labute approximate surface area is 105 Å². The van der Waals surface area contributed by atoms with Gasteiger partial charge in [-0.3, -0.25) is 4.99 Å². The van der Waals surface area contributed by atoms with E-state index < -0.39 is 0 Å². The van der Waals surface area contributed by atoms with Gasteiger partial charge >= 0.3 is 0 Å². The molecule has 0 heterocycles. The summed E-state index contributed by atoms with van der Waals surface area (Å²) in [4.78, 5) is 4.34. The van der Waals surface area contributed by atoms with Gasteiger partial charge in [0.05, 0.1) is 0 Å². The predicted molar refractivity (Wildman–Crippen MR) is 72.1 cm³/mol. The summed E-state index contributed by atoms with van der Waals surface area (Å²) in [6.07, 6.45) is 10.6. The van der Waals surface area contributed by atoms with Crippen molar-refractivity contribution in [2.45, 2.75) is 63.8 Å². The quantitative estimate of drug-likeness (QED) is 0.361. The Morgan fingerprint density at radius 3 is 2.53 bits per heavy atom. The number of aliphatic imine (C=N–C) groups is 1. The molecule has 0 spiro atoms. The highest BCUT2D eigenvalue weighted by molar-refractivity contribution is 5.78. The standard InChI is InChI=1S/C13H27N3O/c14-13(15-10-6-1-2-7-11-17)16-12-8-4-3-5-9-12/h12,17H,1-11H2,(H3,14,15,16). The number of nitrogens with one attached hydrogen (secondary N) is 1. The molecule has 1 rings (SSSR count). The number of aliphatic hydroxyl groups is 1. The van der Waals surface area contributed by atoms with Crippen LogP contribution in [0.5, 0.6) is 0 Å². The number of guanidine groups is 1. The van der Waals surface area contributed by atoms with Crippen LogP contribution in [0.4, 0.5) is 0 Å². The molecule has 17 heavy (non-hydrogen) atoms. The summed E-state index contributed by atoms with van der Waals surface area (Å²) in [6, 6.07) is 0.543. The average Bonchev–Trinajstić information content (AvgIpc) is 2.35. The van der Waals surface area contributed by atoms with Gasteiger partial charge in [-0.15, -0.1) is 0 Å². The van der Waals surface area contributed by atoms with Gasteiger partial charge in [0, 0.05) is 19.2 Å². The SMILES string of the molecule is NC(=NCCCCCCO)NC1CCCCC1. The van der Waals surface area contributed by atoms with Crippen LogP contribution in [0.2, 0.25) is 0 Å². The molecule has 0 atom stereocenters. The summed E-state index contributed by atoms with van der Waals surface area (Å²) in [6.45, 7) is 1.10. The molecule has 0 aromatic rings. The average molecular weight is 241 g/mol. The van der Waals surface area contributed by atoms with E-state index in [0.29, 0.717) is 18.6 Å². The minimum absolute atomic E-state index is 0.300. The van der Waals surface area contributed by atoms with Crippen molar-refractivity contribution >= 4 is 5.96 Å². The highest BCUT2D eigenvalue weighted by Crippen LogP contribution is 2.16. The largest absolute Gasteiger partial charge is 0.396 e. The number of nitrogens with zero attached hydrogens (tertiary/aromatic N) is 1. The van der Waals surface area contributed by atoms with Gasteiger partial charge in [0.25, 0.3) is 0 Å². The van der Waals surface area contributed by atoms with E-state index in [9.17, 15) is 0 Å². The lowest BCUT2D eigenvalue weighted by Gasteiger charge is -2.23. The Morgan fingerprint density at radius 1 is 1.12 bits per heavy atom. The lowest BCUT2D eigenvalue weighted by atomic mass is 9.96. The zero-order chi connectivity index (χ0) is 12.3. The number of hydrogen-bond donors (Lipinski definition) is 3. The van der Waals surface area contributed by atoms with Crippen LogP contribution in [-0.2, 0) is 0 Å². The molecule has 1 aliphatic rings. The Bertz CT molecular complexity index is 213. The maximum absolute atomic E-state index is 8.64. The molecule has 0 aromatic heterocycles. The van der Waals surface area contributed by atoms with Crippen molar-refractivity contribution in [3.8, 4) is 0 Å². The maximum atomic E-state index is 8.64. The zero-order valence-electron chi connectivity index (χ0n) is 10.8. The van der Waals surface area contributed by atoms with E-state index >= 15 is 0 Å². The molecule has 0 unspecified atom stereocenters. The first-order valence-electron chi connectivity index (χ1n) is 7.00. The normalized spacial score (nSPS) is 18.3. The van der Waals surface area contributed by atoms with E-state index in [1.807, 2.05) is 0 Å². The second-order valence-electron chi connectivity index (χ2n) is 4.88. The number of nitrogens with two attached hydrogens (primary N) is 1. The third kappa shape index (κ3) is 7.21. The molecule has 100 valence electrons. The zero-order valence-corrected chi connectivity index (χ0v) is 10.8. The van der Waals surface area contributed by atoms with Gasteiger partial charge < -0.3 is 16.2 Å². The van der Waals surface area contributed by atoms with Crippen molar-refractivity contribution < 1.29 is 5.11 Å². The predicted octanol–water partition coefficient (Wildman–Crippen LogP) is 1.78. The first-order chi connectivity index (χ1) is 8.33. The highest BCUT2D eigenvalue weighted by Gasteiger charge is 2.12. The molecule has 4 nitrogen and oxygen atoms in total. The van der Waals surface area contributed by atoms with Crippen molar-refractivity contribution in [1.29, 1.82) is 0 Å². The van der Waals surface area contributed by atoms with Crippen molar-refractivity contribution in [2.24, 2.45) is 10.7 Å². The summed E-state index contributed by atoms with van der Waals surface area (Å²) < 4.78 is 0. The molecule has 0 aliphatic heterocycles. The van der Waals surface area contributed by atoms with Crippen LogP contribution in [0.15, 0.2) is 4.99 Å². The van der Waals surface area contributed by atoms with Gasteiger partial charge in [-0.2, -0.15) is 0 Å². The van der Waals surface area contributed by atoms with Gasteiger partial charge in [0.15, 0.2) is 5.96 Å². The maximum Gasteiger partial charge on any atom is 0.188 e. The van der Waals surface area contributed by atoms with E-state index in [0.717, 1.165) is 32.2 Å². The molecule has 1 saturated carbocycles. The van der Waals surface area contributed by atoms with Crippen LogP contribution in [0, 0.1) is 0 Å². The summed E-state index contributed by atoms with van der Waals surface area (Å²) in [5, 5.41) is 11.9. The van der Waals surface area contributed by atoms with Crippen molar-refractivity contribution in [2.75, 3.05) is 13.2 Å². The fourth-order valence-electron chi connectivity index (χ4n) is 2.28. The second kappa shape index (κ2) is 9.28. The van der Waals surface area contributed by atoms with E-state index in [4.69, 9.17) is 10.8 Å². The third-order valence-electron chi connectivity index (χ3n) is 3.31. The molecule has 0 saturated heterocycles. The summed E-state index contributed by atoms with van der Waals surface area (Å²) >= 11 is 0. The van der Waals surface area contributed by atoms with Crippen LogP contribution in [0.25, 0.3) is 0 Å². The molecular formula is C13H27N3O. The minimum Gasteiger partial charge on any atom is -0.396 e. The van der Waals surface area contributed by atoms with Crippen molar-refractivity contribution in [3.05, 3.63) is 0 Å². The molecule has 4 heteroatoms. The van der Waals surface area contributed by atoms with Crippen LogP contribution in [0.1, 0.15) is 57.8 Å². The van der Waals surface area contributed by atoms with Crippen LogP contribution in [-0.4, -0.2) is 30.3 Å². The molecule has 4 N–H and O–H groups in total. The first-order valence-corrected chi connectivity index (χ1v) is 7.00. The first kappa shape index (κ1) is 14.3. The fraction of sp³-hybridized carbons (Fsp3) is 0.923. The minimum atomic E-state index is 0.300. The molecule has 1 aliphatic carbocycles. The summed E-state index contributed by atoms with van der Waals surface area (Å²) in [7, 11) is 0. The van der Waals surface area contributed by atoms with Gasteiger partial charge in [-0.05, 0) is 25.7 Å². The Balaban J connectivity index is 2.03. The number of hydrogen-bond acceptors (Lipinski definition) is 2. The van der Waals surface area contributed by atoms with Crippen LogP contribution < -0.4 is 11.1 Å². The smallest absolute Gasteiger partial charge is 0.188 e. The van der Waals surface area contributed by atoms with Crippen LogP contribution >= 0.6 is 0 Å². The molecule has 0 radical (unpaired) electrons. The monoisotopic (exact) mass is 241 g/mol. The Morgan fingerprint density at radius 2 is 1.82 bits per heavy atom. The van der Waals surface area contributed by atoms with Crippen LogP contribution in [0.3, 0.4) is 0 Å². The number of unbranched alkanes of at least 4 members (excludes halogenated alkanes) is 3. The van der Waals surface area contributed by atoms with Gasteiger partial charge in [-0.25, -0.2) is 0 Å². The van der Waals surface area contributed by atoms with Gasteiger partial charge in [0.2, 0.25) is 0 Å². The number of aliphatic hydroxyl groups excluding tert-OH is 1. The number of rotatable bonds is 7. The summed E-state index contributed by atoms with van der Waals surface area (Å²) in [5.74, 6) is 0.610. The fourth-order valence-corrected chi connectivity index (χ4v) is 2.28. The van der Waals surface area contributed by atoms with E-state index in [-0.39, 0.29) is 0 Å². The van der Waals surface area contributed by atoms with Crippen molar-refractivity contribution in [1.82, 2.24) is 5.32 Å². The van der Waals surface area contributed by atoms with Crippen molar-refractivity contribution in [3.63, 3.8) is 0 Å². The topological polar surface area (TPSA) is 70.6 Å². The highest BCUT2D eigenvalue weighted by atomic mass is 16.2. The van der Waals surface area contributed by atoms with E-state index in [1.54, 1.807) is 0 Å². The molecule has 1 fully saturated rings. The molecular weight excluding hydrogens is 214 g/mol. The van der Waals surface area contributed by atoms with Gasteiger partial charge in [-0.1, -0.05) is 32.1 Å². The molecule has 0 amide bonds. The lowest BCUT2D eigenvalue weighted by Crippen LogP contribution is -2.41. The Kier molecular flexibility index (Phi) is 7.80. The Hall–Kier alpha value is -0.770. The third-order valence-corrected chi connectivity index (χ3v) is 3.31. The van der Waals surface area contributed by atoms with E-state index in [1.165, 1.54) is 32.1 Å². The summed E-state index contributed by atoms with van der Waals surface area (Å²) in [5.41, 5.74) is 5.84. The molecule has 0 aromatic carbocycles. The van der Waals surface area contributed by atoms with Gasteiger partial charge in [0.1, 0.15) is 0 Å². The molecule has 0 bridgehead atoms. The van der Waals surface area contributed by atoms with E-state index in [2.05, 4.69) is 10.3 Å².